The average Bonchev–Trinajstić information content (AvgIpc) is 2.54. The number of hydrogen-bond donors (Lipinski definition) is 1. The van der Waals surface area contributed by atoms with Gasteiger partial charge in [-0.15, -0.1) is 0 Å². The highest BCUT2D eigenvalue weighted by molar-refractivity contribution is 5.79. The van der Waals surface area contributed by atoms with E-state index in [0.29, 0.717) is 5.56 Å². The van der Waals surface area contributed by atoms with E-state index in [1.54, 1.807) is 48.5 Å². The van der Waals surface area contributed by atoms with Crippen molar-refractivity contribution >= 4 is 5.97 Å². The van der Waals surface area contributed by atoms with E-state index < -0.39 is 24.1 Å². The molecule has 0 aliphatic rings. The van der Waals surface area contributed by atoms with Crippen LogP contribution in [0.2, 0.25) is 0 Å². The predicted molar refractivity (Wildman–Crippen MR) is 79.5 cm³/mol. The smallest absolute Gasteiger partial charge is 0.404 e. The van der Waals surface area contributed by atoms with Crippen LogP contribution < -0.4 is 5.73 Å². The van der Waals surface area contributed by atoms with Gasteiger partial charge in [-0.05, 0) is 11.1 Å². The van der Waals surface area contributed by atoms with E-state index in [4.69, 9.17) is 10.5 Å². The molecule has 0 fully saturated rings. The summed E-state index contributed by atoms with van der Waals surface area (Å²) in [5, 5.41) is 0. The largest absolute Gasteiger partial charge is 0.460 e. The molecule has 2 rings (SSSR count). The molecule has 0 amide bonds. The minimum absolute atomic E-state index is 0.104. The summed E-state index contributed by atoms with van der Waals surface area (Å²) in [7, 11) is 0. The number of nitrogens with two attached hydrogens (primary N) is 1. The number of carbonyl (C=O) groups is 1. The third kappa shape index (κ3) is 4.56. The Labute approximate surface area is 131 Å². The summed E-state index contributed by atoms with van der Waals surface area (Å²) in [5.41, 5.74) is 6.14. The highest BCUT2D eigenvalue weighted by Gasteiger charge is 2.46. The lowest BCUT2D eigenvalue weighted by molar-refractivity contribution is -0.169. The quantitative estimate of drug-likeness (QED) is 0.858. The van der Waals surface area contributed by atoms with Crippen LogP contribution in [0.3, 0.4) is 0 Å². The summed E-state index contributed by atoms with van der Waals surface area (Å²) in [6.07, 6.45) is -4.70. The minimum Gasteiger partial charge on any atom is -0.460 e. The summed E-state index contributed by atoms with van der Waals surface area (Å²) in [6.45, 7) is -0.104. The van der Waals surface area contributed by atoms with Crippen molar-refractivity contribution in [2.75, 3.05) is 0 Å². The Bertz CT molecular complexity index is 629. The molecule has 6 heteroatoms. The van der Waals surface area contributed by atoms with Crippen LogP contribution in [0.15, 0.2) is 60.7 Å². The minimum atomic E-state index is -4.70. The van der Waals surface area contributed by atoms with Gasteiger partial charge in [0.05, 0.1) is 0 Å². The molecule has 23 heavy (non-hydrogen) atoms. The maximum Gasteiger partial charge on any atom is 0.404 e. The molecule has 2 aromatic carbocycles. The molecule has 0 radical (unpaired) electrons. The normalized spacial score (nSPS) is 14.1. The fourth-order valence-corrected chi connectivity index (χ4v) is 2.16. The predicted octanol–water partition coefficient (Wildman–Crippen LogP) is 3.40. The second-order valence-corrected chi connectivity index (χ2v) is 5.05. The molecule has 2 aromatic rings. The van der Waals surface area contributed by atoms with Crippen molar-refractivity contribution < 1.29 is 22.7 Å². The zero-order valence-electron chi connectivity index (χ0n) is 12.2. The van der Waals surface area contributed by atoms with Crippen molar-refractivity contribution in [1.82, 2.24) is 0 Å². The zero-order valence-corrected chi connectivity index (χ0v) is 12.2. The Kier molecular flexibility index (Phi) is 5.39. The van der Waals surface area contributed by atoms with Crippen LogP contribution in [0, 0.1) is 0 Å². The standard InChI is InChI=1S/C17H16F3NO2/c18-17(19,20)15(21)14(13-9-5-2-6-10-13)16(22)23-11-12-7-3-1-4-8-12/h1-10,14-15H,11,21H2/t14-,15-/m0/s1. The van der Waals surface area contributed by atoms with E-state index in [-0.39, 0.29) is 12.2 Å². The molecule has 0 heterocycles. The molecule has 0 unspecified atom stereocenters. The van der Waals surface area contributed by atoms with E-state index in [0.717, 1.165) is 0 Å². The number of halogens is 3. The molecule has 0 aliphatic carbocycles. The maximum absolute atomic E-state index is 13.0. The molecule has 0 saturated carbocycles. The third-order valence-electron chi connectivity index (χ3n) is 3.37. The molecule has 2 atom stereocenters. The molecule has 0 aliphatic heterocycles. The van der Waals surface area contributed by atoms with Crippen LogP contribution in [-0.4, -0.2) is 18.2 Å². The van der Waals surface area contributed by atoms with Crippen molar-refractivity contribution in [2.24, 2.45) is 5.73 Å². The maximum atomic E-state index is 13.0. The molecule has 0 aromatic heterocycles. The van der Waals surface area contributed by atoms with E-state index in [1.165, 1.54) is 12.1 Å². The number of carbonyl (C=O) groups excluding carboxylic acids is 1. The van der Waals surface area contributed by atoms with Gasteiger partial charge in [-0.25, -0.2) is 0 Å². The van der Waals surface area contributed by atoms with Crippen LogP contribution in [-0.2, 0) is 16.1 Å². The van der Waals surface area contributed by atoms with Gasteiger partial charge in [0.25, 0.3) is 0 Å². The second kappa shape index (κ2) is 7.28. The number of esters is 1. The van der Waals surface area contributed by atoms with Crippen molar-refractivity contribution in [3.8, 4) is 0 Å². The van der Waals surface area contributed by atoms with Gasteiger partial charge in [-0.3, -0.25) is 4.79 Å². The SMILES string of the molecule is N[C@@H]([C@@H](C(=O)OCc1ccccc1)c1ccccc1)C(F)(F)F. The Morgan fingerprint density at radius 3 is 2.04 bits per heavy atom. The van der Waals surface area contributed by atoms with Crippen LogP contribution >= 0.6 is 0 Å². The number of alkyl halides is 3. The summed E-state index contributed by atoms with van der Waals surface area (Å²) in [4.78, 5) is 12.2. The highest BCUT2D eigenvalue weighted by Crippen LogP contribution is 2.31. The fourth-order valence-electron chi connectivity index (χ4n) is 2.16. The van der Waals surface area contributed by atoms with Crippen molar-refractivity contribution in [3.05, 3.63) is 71.8 Å². The number of rotatable bonds is 5. The zero-order chi connectivity index (χ0) is 16.9. The second-order valence-electron chi connectivity index (χ2n) is 5.05. The monoisotopic (exact) mass is 323 g/mol. The van der Waals surface area contributed by atoms with E-state index in [9.17, 15) is 18.0 Å². The van der Waals surface area contributed by atoms with Gasteiger partial charge in [0.15, 0.2) is 0 Å². The van der Waals surface area contributed by atoms with Gasteiger partial charge >= 0.3 is 12.1 Å². The number of hydrogen-bond acceptors (Lipinski definition) is 3. The lowest BCUT2D eigenvalue weighted by Gasteiger charge is -2.24. The lowest BCUT2D eigenvalue weighted by Crippen LogP contribution is -2.45. The molecule has 0 spiro atoms. The molecular formula is C17H16F3NO2. The molecule has 3 nitrogen and oxygen atoms in total. The first-order valence-corrected chi connectivity index (χ1v) is 6.97. The van der Waals surface area contributed by atoms with Gasteiger partial charge in [-0.1, -0.05) is 60.7 Å². The van der Waals surface area contributed by atoms with Crippen LogP contribution in [0.1, 0.15) is 17.0 Å². The molecule has 122 valence electrons. The molecule has 2 N–H and O–H groups in total. The first-order chi connectivity index (χ1) is 10.9. The summed E-state index contributed by atoms with van der Waals surface area (Å²) >= 11 is 0. The van der Waals surface area contributed by atoms with Crippen molar-refractivity contribution in [3.63, 3.8) is 0 Å². The van der Waals surface area contributed by atoms with Gasteiger partial charge < -0.3 is 10.5 Å². The van der Waals surface area contributed by atoms with E-state index in [2.05, 4.69) is 0 Å². The Balaban J connectivity index is 2.18. The van der Waals surface area contributed by atoms with Gasteiger partial charge in [0, 0.05) is 0 Å². The lowest BCUT2D eigenvalue weighted by atomic mass is 9.91. The Hall–Kier alpha value is -2.34. The van der Waals surface area contributed by atoms with Crippen LogP contribution in [0.5, 0.6) is 0 Å². The van der Waals surface area contributed by atoms with E-state index in [1.807, 2.05) is 0 Å². The van der Waals surface area contributed by atoms with Crippen LogP contribution in [0.4, 0.5) is 13.2 Å². The molecular weight excluding hydrogens is 307 g/mol. The number of benzene rings is 2. The Morgan fingerprint density at radius 2 is 1.52 bits per heavy atom. The highest BCUT2D eigenvalue weighted by atomic mass is 19.4. The first kappa shape index (κ1) is 17.0. The summed E-state index contributed by atoms with van der Waals surface area (Å²) in [6, 6.07) is 14.0. The molecule has 0 bridgehead atoms. The molecule has 0 saturated heterocycles. The average molecular weight is 323 g/mol. The first-order valence-electron chi connectivity index (χ1n) is 6.97. The Morgan fingerprint density at radius 1 is 1.00 bits per heavy atom. The summed E-state index contributed by atoms with van der Waals surface area (Å²) in [5.74, 6) is -2.59. The van der Waals surface area contributed by atoms with Gasteiger partial charge in [0.2, 0.25) is 0 Å². The third-order valence-corrected chi connectivity index (χ3v) is 3.37. The van der Waals surface area contributed by atoms with Gasteiger partial charge in [-0.2, -0.15) is 13.2 Å². The number of ether oxygens (including phenoxy) is 1. The van der Waals surface area contributed by atoms with Gasteiger partial charge in [0.1, 0.15) is 18.6 Å². The van der Waals surface area contributed by atoms with Crippen LogP contribution in [0.25, 0.3) is 0 Å². The topological polar surface area (TPSA) is 52.3 Å². The summed E-state index contributed by atoms with van der Waals surface area (Å²) < 4.78 is 44.0. The van der Waals surface area contributed by atoms with Crippen molar-refractivity contribution in [2.45, 2.75) is 24.7 Å². The fraction of sp³-hybridized carbons (Fsp3) is 0.235. The van der Waals surface area contributed by atoms with E-state index >= 15 is 0 Å². The van der Waals surface area contributed by atoms with Crippen molar-refractivity contribution in [1.29, 1.82) is 0 Å².